The van der Waals surface area contributed by atoms with E-state index in [4.69, 9.17) is 15.2 Å². The summed E-state index contributed by atoms with van der Waals surface area (Å²) >= 11 is 0. The lowest BCUT2D eigenvalue weighted by molar-refractivity contribution is -0.145. The summed E-state index contributed by atoms with van der Waals surface area (Å²) < 4.78 is 10.8. The quantitative estimate of drug-likeness (QED) is 0.368. The first-order valence-electron chi connectivity index (χ1n) is 11.2. The van der Waals surface area contributed by atoms with Crippen molar-refractivity contribution in [2.75, 3.05) is 18.9 Å². The van der Waals surface area contributed by atoms with Crippen LogP contribution < -0.4 is 11.1 Å². The van der Waals surface area contributed by atoms with Gasteiger partial charge in [0.2, 0.25) is 0 Å². The van der Waals surface area contributed by atoms with E-state index in [9.17, 15) is 9.59 Å². The first-order chi connectivity index (χ1) is 16.6. The molecule has 1 aliphatic carbocycles. The average Bonchev–Trinajstić information content (AvgIpc) is 3.17. The number of pyridine rings is 1. The number of ether oxygens (including phenoxy) is 2. The number of hydrogen-bond donors (Lipinski definition) is 2. The molecule has 0 aliphatic heterocycles. The van der Waals surface area contributed by atoms with Gasteiger partial charge in [-0.2, -0.15) is 0 Å². The molecular weight excluding hydrogens is 430 g/mol. The van der Waals surface area contributed by atoms with Crippen molar-refractivity contribution in [3.05, 3.63) is 96.2 Å². The minimum atomic E-state index is -0.870. The molecule has 0 saturated heterocycles. The molecule has 0 bridgehead atoms. The van der Waals surface area contributed by atoms with Gasteiger partial charge in [-0.3, -0.25) is 0 Å². The number of nitrogens with zero attached hydrogens (tertiary/aromatic N) is 1. The SMILES string of the molecule is C=CCOC(=O)C(CCc1ccnc(N)c1)NC(=O)OCC1c2ccccc2-c2ccccc21. The molecule has 1 amide bonds. The van der Waals surface area contributed by atoms with Gasteiger partial charge in [0.25, 0.3) is 0 Å². The summed E-state index contributed by atoms with van der Waals surface area (Å²) in [6, 6.07) is 18.9. The number of amides is 1. The van der Waals surface area contributed by atoms with Crippen LogP contribution in [0.3, 0.4) is 0 Å². The van der Waals surface area contributed by atoms with Crippen LogP contribution in [0, 0.1) is 0 Å². The molecule has 1 aliphatic rings. The van der Waals surface area contributed by atoms with Crippen LogP contribution >= 0.6 is 0 Å². The molecular formula is C27H27N3O4. The first kappa shape index (κ1) is 23.0. The number of aromatic nitrogens is 1. The van der Waals surface area contributed by atoms with Crippen molar-refractivity contribution in [3.63, 3.8) is 0 Å². The molecule has 1 unspecified atom stereocenters. The summed E-state index contributed by atoms with van der Waals surface area (Å²) in [4.78, 5) is 29.2. The number of aryl methyl sites for hydroxylation is 1. The summed E-state index contributed by atoms with van der Waals surface area (Å²) in [5.41, 5.74) is 11.2. The monoisotopic (exact) mass is 457 g/mol. The average molecular weight is 458 g/mol. The zero-order valence-corrected chi connectivity index (χ0v) is 18.8. The predicted molar refractivity (Wildman–Crippen MR) is 130 cm³/mol. The van der Waals surface area contributed by atoms with E-state index < -0.39 is 18.1 Å². The maximum Gasteiger partial charge on any atom is 0.407 e. The molecule has 4 rings (SSSR count). The molecule has 7 nitrogen and oxygen atoms in total. The molecule has 7 heteroatoms. The number of fused-ring (bicyclic) bond motifs is 3. The number of rotatable bonds is 9. The fourth-order valence-corrected chi connectivity index (χ4v) is 4.23. The van der Waals surface area contributed by atoms with Gasteiger partial charge in [-0.1, -0.05) is 61.2 Å². The van der Waals surface area contributed by atoms with Gasteiger partial charge >= 0.3 is 12.1 Å². The number of hydrogen-bond acceptors (Lipinski definition) is 6. The van der Waals surface area contributed by atoms with Crippen molar-refractivity contribution >= 4 is 17.9 Å². The fraction of sp³-hybridized carbons (Fsp3) is 0.222. The first-order valence-corrected chi connectivity index (χ1v) is 11.2. The number of esters is 1. The Morgan fingerprint density at radius 2 is 1.74 bits per heavy atom. The Hall–Kier alpha value is -4.13. The lowest BCUT2D eigenvalue weighted by atomic mass is 9.98. The summed E-state index contributed by atoms with van der Waals surface area (Å²) in [5.74, 6) is -0.215. The number of carbonyl (C=O) groups is 2. The predicted octanol–water partition coefficient (Wildman–Crippen LogP) is 4.23. The second-order valence-corrected chi connectivity index (χ2v) is 8.07. The molecule has 1 heterocycles. The van der Waals surface area contributed by atoms with E-state index in [-0.39, 0.29) is 19.1 Å². The number of alkyl carbamates (subject to hydrolysis) is 1. The molecule has 174 valence electrons. The molecule has 34 heavy (non-hydrogen) atoms. The lowest BCUT2D eigenvalue weighted by Crippen LogP contribution is -2.42. The molecule has 3 N–H and O–H groups in total. The summed E-state index contributed by atoms with van der Waals surface area (Å²) in [7, 11) is 0. The van der Waals surface area contributed by atoms with E-state index in [1.54, 1.807) is 12.3 Å². The van der Waals surface area contributed by atoms with Crippen LogP contribution in [0.5, 0.6) is 0 Å². The fourth-order valence-electron chi connectivity index (χ4n) is 4.23. The second-order valence-electron chi connectivity index (χ2n) is 8.07. The van der Waals surface area contributed by atoms with Crippen LogP contribution in [0.15, 0.2) is 79.5 Å². The summed E-state index contributed by atoms with van der Waals surface area (Å²) in [6.45, 7) is 3.78. The van der Waals surface area contributed by atoms with Crippen molar-refractivity contribution in [1.82, 2.24) is 10.3 Å². The number of anilines is 1. The minimum Gasteiger partial charge on any atom is -0.460 e. The van der Waals surface area contributed by atoms with Crippen LogP contribution in [-0.2, 0) is 20.7 Å². The highest BCUT2D eigenvalue weighted by Gasteiger charge is 2.30. The van der Waals surface area contributed by atoms with Crippen molar-refractivity contribution in [2.24, 2.45) is 0 Å². The summed E-state index contributed by atoms with van der Waals surface area (Å²) in [5, 5.41) is 2.67. The van der Waals surface area contributed by atoms with Gasteiger partial charge in [0.15, 0.2) is 0 Å². The number of nitrogens with two attached hydrogens (primary N) is 1. The van der Waals surface area contributed by atoms with Crippen LogP contribution in [0.1, 0.15) is 29.0 Å². The Balaban J connectivity index is 1.41. The van der Waals surface area contributed by atoms with Gasteiger partial charge < -0.3 is 20.5 Å². The number of benzene rings is 2. The molecule has 0 fully saturated rings. The molecule has 0 saturated carbocycles. The maximum absolute atomic E-state index is 12.7. The highest BCUT2D eigenvalue weighted by atomic mass is 16.6. The van der Waals surface area contributed by atoms with Gasteiger partial charge in [0.1, 0.15) is 25.1 Å². The van der Waals surface area contributed by atoms with Gasteiger partial charge in [-0.15, -0.1) is 0 Å². The van der Waals surface area contributed by atoms with Gasteiger partial charge in [0.05, 0.1) is 0 Å². The Morgan fingerprint density at radius 1 is 1.06 bits per heavy atom. The van der Waals surface area contributed by atoms with Crippen LogP contribution in [0.25, 0.3) is 11.1 Å². The van der Waals surface area contributed by atoms with E-state index in [1.165, 1.54) is 6.08 Å². The van der Waals surface area contributed by atoms with E-state index in [2.05, 4.69) is 41.1 Å². The number of nitrogen functional groups attached to an aromatic ring is 1. The van der Waals surface area contributed by atoms with Crippen LogP contribution in [0.4, 0.5) is 10.6 Å². The van der Waals surface area contributed by atoms with E-state index >= 15 is 0 Å². The largest absolute Gasteiger partial charge is 0.460 e. The highest BCUT2D eigenvalue weighted by Crippen LogP contribution is 2.44. The van der Waals surface area contributed by atoms with Crippen molar-refractivity contribution in [1.29, 1.82) is 0 Å². The van der Waals surface area contributed by atoms with Crippen LogP contribution in [-0.4, -0.2) is 36.3 Å². The maximum atomic E-state index is 12.7. The molecule has 0 spiro atoms. The highest BCUT2D eigenvalue weighted by molar-refractivity contribution is 5.82. The molecule has 1 atom stereocenters. The number of nitrogens with one attached hydrogen (secondary N) is 1. The standard InChI is InChI=1S/C27H27N3O4/c1-2-15-33-26(31)24(12-11-18-13-14-29-25(28)16-18)30-27(32)34-17-23-21-9-5-3-7-19(21)20-8-4-6-10-22(20)23/h2-10,13-14,16,23-24H,1,11-12,15,17H2,(H2,28,29)(H,30,32). The number of carbonyl (C=O) groups excluding carboxylic acids is 2. The normalized spacial score (nSPS) is 12.8. The molecule has 2 aromatic carbocycles. The van der Waals surface area contributed by atoms with Crippen molar-refractivity contribution in [3.8, 4) is 11.1 Å². The third-order valence-corrected chi connectivity index (χ3v) is 5.83. The van der Waals surface area contributed by atoms with Gasteiger partial charge in [0, 0.05) is 12.1 Å². The van der Waals surface area contributed by atoms with E-state index in [0.717, 1.165) is 27.8 Å². The third-order valence-electron chi connectivity index (χ3n) is 5.83. The Morgan fingerprint density at radius 3 is 2.38 bits per heavy atom. The zero-order chi connectivity index (χ0) is 23.9. The smallest absolute Gasteiger partial charge is 0.407 e. The van der Waals surface area contributed by atoms with E-state index in [0.29, 0.717) is 18.7 Å². The van der Waals surface area contributed by atoms with Crippen molar-refractivity contribution < 1.29 is 19.1 Å². The summed E-state index contributed by atoms with van der Waals surface area (Å²) in [6.07, 6.45) is 3.24. The lowest BCUT2D eigenvalue weighted by Gasteiger charge is -2.19. The van der Waals surface area contributed by atoms with E-state index in [1.807, 2.05) is 30.3 Å². The Kier molecular flexibility index (Phi) is 7.22. The van der Waals surface area contributed by atoms with Gasteiger partial charge in [-0.05, 0) is 52.8 Å². The minimum absolute atomic E-state index is 0.0594. The second kappa shape index (κ2) is 10.7. The Bertz CT molecular complexity index is 1150. The zero-order valence-electron chi connectivity index (χ0n) is 18.8. The third kappa shape index (κ3) is 5.26. The van der Waals surface area contributed by atoms with Crippen molar-refractivity contribution in [2.45, 2.75) is 24.8 Å². The topological polar surface area (TPSA) is 104 Å². The van der Waals surface area contributed by atoms with Crippen LogP contribution in [0.2, 0.25) is 0 Å². The molecule has 0 radical (unpaired) electrons. The molecule has 3 aromatic rings. The van der Waals surface area contributed by atoms with Gasteiger partial charge in [-0.25, -0.2) is 14.6 Å². The molecule has 1 aromatic heterocycles. The Labute approximate surface area is 198 Å².